The van der Waals surface area contributed by atoms with Crippen LogP contribution in [0.2, 0.25) is 0 Å². The average molecular weight is 281 g/mol. The minimum absolute atomic E-state index is 0.436. The van der Waals surface area contributed by atoms with Gasteiger partial charge in [-0.3, -0.25) is 4.79 Å². The molecule has 1 aliphatic heterocycles. The van der Waals surface area contributed by atoms with Gasteiger partial charge < -0.3 is 10.0 Å². The van der Waals surface area contributed by atoms with E-state index in [0.717, 1.165) is 50.6 Å². The van der Waals surface area contributed by atoms with Gasteiger partial charge in [-0.25, -0.2) is 0 Å². The first-order valence-corrected chi connectivity index (χ1v) is 8.46. The Morgan fingerprint density at radius 3 is 2.45 bits per heavy atom. The fourth-order valence-electron chi connectivity index (χ4n) is 4.34. The molecular formula is C17H31NO2. The van der Waals surface area contributed by atoms with Crippen LogP contribution in [-0.4, -0.2) is 35.1 Å². The number of nitrogens with zero attached hydrogens (tertiary/aromatic N) is 1. The summed E-state index contributed by atoms with van der Waals surface area (Å²) in [6.45, 7) is 8.80. The van der Waals surface area contributed by atoms with Crippen molar-refractivity contribution in [1.82, 2.24) is 4.90 Å². The van der Waals surface area contributed by atoms with Crippen molar-refractivity contribution in [3.8, 4) is 0 Å². The number of carboxylic acid groups (broad SMARTS) is 1. The van der Waals surface area contributed by atoms with Gasteiger partial charge in [0.15, 0.2) is 0 Å². The molecular weight excluding hydrogens is 250 g/mol. The molecule has 3 atom stereocenters. The topological polar surface area (TPSA) is 40.5 Å². The van der Waals surface area contributed by atoms with E-state index in [0.29, 0.717) is 6.04 Å². The van der Waals surface area contributed by atoms with Crippen LogP contribution in [0.4, 0.5) is 0 Å². The lowest BCUT2D eigenvalue weighted by Crippen LogP contribution is -2.51. The van der Waals surface area contributed by atoms with E-state index in [9.17, 15) is 9.90 Å². The van der Waals surface area contributed by atoms with Crippen LogP contribution >= 0.6 is 0 Å². The Hall–Kier alpha value is -0.570. The highest BCUT2D eigenvalue weighted by Crippen LogP contribution is 2.40. The zero-order valence-corrected chi connectivity index (χ0v) is 13.4. The van der Waals surface area contributed by atoms with Crippen LogP contribution in [0.25, 0.3) is 0 Å². The molecule has 1 heterocycles. The van der Waals surface area contributed by atoms with Crippen molar-refractivity contribution in [3.63, 3.8) is 0 Å². The summed E-state index contributed by atoms with van der Waals surface area (Å²) >= 11 is 0. The van der Waals surface area contributed by atoms with Crippen molar-refractivity contribution >= 4 is 5.97 Å². The van der Waals surface area contributed by atoms with Crippen molar-refractivity contribution in [1.29, 1.82) is 0 Å². The van der Waals surface area contributed by atoms with Gasteiger partial charge in [0.1, 0.15) is 0 Å². The third kappa shape index (κ3) is 3.19. The van der Waals surface area contributed by atoms with E-state index in [1.54, 1.807) is 0 Å². The summed E-state index contributed by atoms with van der Waals surface area (Å²) < 4.78 is 0. The molecule has 116 valence electrons. The van der Waals surface area contributed by atoms with E-state index in [1.165, 1.54) is 19.3 Å². The van der Waals surface area contributed by atoms with Crippen molar-refractivity contribution in [3.05, 3.63) is 0 Å². The molecule has 3 unspecified atom stereocenters. The van der Waals surface area contributed by atoms with Gasteiger partial charge in [0.05, 0.1) is 5.41 Å². The molecule has 1 saturated heterocycles. The van der Waals surface area contributed by atoms with Gasteiger partial charge in [-0.15, -0.1) is 0 Å². The Morgan fingerprint density at radius 2 is 1.90 bits per heavy atom. The Morgan fingerprint density at radius 1 is 1.25 bits per heavy atom. The van der Waals surface area contributed by atoms with Crippen LogP contribution in [0.1, 0.15) is 65.7 Å². The second-order valence-electron chi connectivity index (χ2n) is 7.33. The summed E-state index contributed by atoms with van der Waals surface area (Å²) in [5.41, 5.74) is -0.436. The van der Waals surface area contributed by atoms with Crippen molar-refractivity contribution in [2.24, 2.45) is 17.3 Å². The fraction of sp³-hybridized carbons (Fsp3) is 0.941. The third-order valence-electron chi connectivity index (χ3n) is 5.82. The summed E-state index contributed by atoms with van der Waals surface area (Å²) in [5.74, 6) is 1.04. The average Bonchev–Trinajstić information content (AvgIpc) is 2.42. The van der Waals surface area contributed by atoms with Gasteiger partial charge in [-0.2, -0.15) is 0 Å². The van der Waals surface area contributed by atoms with Crippen molar-refractivity contribution in [2.75, 3.05) is 13.1 Å². The maximum Gasteiger partial charge on any atom is 0.309 e. The van der Waals surface area contributed by atoms with Gasteiger partial charge >= 0.3 is 5.97 Å². The van der Waals surface area contributed by atoms with E-state index < -0.39 is 11.4 Å². The normalized spacial score (nSPS) is 34.9. The lowest BCUT2D eigenvalue weighted by atomic mass is 9.73. The maximum absolute atomic E-state index is 11.6. The highest BCUT2D eigenvalue weighted by Gasteiger charge is 2.42. The highest BCUT2D eigenvalue weighted by atomic mass is 16.4. The predicted molar refractivity (Wildman–Crippen MR) is 81.8 cm³/mol. The van der Waals surface area contributed by atoms with Crippen LogP contribution in [0.3, 0.4) is 0 Å². The molecule has 0 aromatic rings. The van der Waals surface area contributed by atoms with Crippen LogP contribution in [0.15, 0.2) is 0 Å². The number of aliphatic carboxylic acids is 1. The SMILES string of the molecule is CCCC1(C(=O)O)CCN(C2CC(C)CCC2C)CC1. The highest BCUT2D eigenvalue weighted by molar-refractivity contribution is 5.74. The molecule has 0 aromatic carbocycles. The van der Waals surface area contributed by atoms with Crippen LogP contribution < -0.4 is 0 Å². The first kappa shape index (κ1) is 15.8. The van der Waals surface area contributed by atoms with Gasteiger partial charge in [0, 0.05) is 6.04 Å². The molecule has 0 radical (unpaired) electrons. The molecule has 20 heavy (non-hydrogen) atoms. The zero-order chi connectivity index (χ0) is 14.8. The Labute approximate surface area is 123 Å². The quantitative estimate of drug-likeness (QED) is 0.852. The number of carbonyl (C=O) groups is 1. The van der Waals surface area contributed by atoms with Crippen molar-refractivity contribution in [2.45, 2.75) is 71.8 Å². The molecule has 0 aromatic heterocycles. The number of rotatable bonds is 4. The molecule has 0 spiro atoms. The minimum atomic E-state index is -0.566. The van der Waals surface area contributed by atoms with E-state index >= 15 is 0 Å². The van der Waals surface area contributed by atoms with E-state index in [1.807, 2.05) is 0 Å². The summed E-state index contributed by atoms with van der Waals surface area (Å²) in [4.78, 5) is 14.2. The molecule has 3 nitrogen and oxygen atoms in total. The first-order chi connectivity index (χ1) is 9.48. The number of hydrogen-bond acceptors (Lipinski definition) is 2. The standard InChI is InChI=1S/C17H31NO2/c1-4-7-17(16(19)20)8-10-18(11-9-17)15-12-13(2)5-6-14(15)3/h13-15H,4-12H2,1-3H3,(H,19,20). The minimum Gasteiger partial charge on any atom is -0.481 e. The molecule has 0 amide bonds. The second kappa shape index (κ2) is 6.46. The number of carboxylic acids is 1. The summed E-state index contributed by atoms with van der Waals surface area (Å²) in [6.07, 6.45) is 7.49. The lowest BCUT2D eigenvalue weighted by molar-refractivity contribution is -0.153. The predicted octanol–water partition coefficient (Wildman–Crippen LogP) is 3.78. The Bertz CT molecular complexity index is 334. The smallest absolute Gasteiger partial charge is 0.309 e. The van der Waals surface area contributed by atoms with Crippen LogP contribution in [-0.2, 0) is 4.79 Å². The van der Waals surface area contributed by atoms with E-state index in [-0.39, 0.29) is 0 Å². The molecule has 0 bridgehead atoms. The largest absolute Gasteiger partial charge is 0.481 e. The second-order valence-corrected chi connectivity index (χ2v) is 7.33. The molecule has 2 aliphatic rings. The lowest BCUT2D eigenvalue weighted by Gasteiger charge is -2.46. The molecule has 1 aliphatic carbocycles. The Kier molecular flexibility index (Phi) is 5.11. The molecule has 1 N–H and O–H groups in total. The summed E-state index contributed by atoms with van der Waals surface area (Å²) in [5, 5.41) is 9.59. The maximum atomic E-state index is 11.6. The first-order valence-electron chi connectivity index (χ1n) is 8.46. The number of likely N-dealkylation sites (tertiary alicyclic amines) is 1. The molecule has 2 rings (SSSR count). The van der Waals surface area contributed by atoms with Crippen LogP contribution in [0, 0.1) is 17.3 Å². The number of piperidine rings is 1. The monoisotopic (exact) mass is 281 g/mol. The van der Waals surface area contributed by atoms with Gasteiger partial charge in [-0.05, 0) is 57.0 Å². The van der Waals surface area contributed by atoms with E-state index in [4.69, 9.17) is 0 Å². The summed E-state index contributed by atoms with van der Waals surface area (Å²) in [7, 11) is 0. The van der Waals surface area contributed by atoms with Crippen LogP contribution in [0.5, 0.6) is 0 Å². The molecule has 3 heteroatoms. The van der Waals surface area contributed by atoms with Gasteiger partial charge in [0.25, 0.3) is 0 Å². The van der Waals surface area contributed by atoms with Gasteiger partial charge in [-0.1, -0.05) is 33.6 Å². The number of hydrogen-bond donors (Lipinski definition) is 1. The zero-order valence-electron chi connectivity index (χ0n) is 13.4. The Balaban J connectivity index is 1.97. The molecule has 2 fully saturated rings. The fourth-order valence-corrected chi connectivity index (χ4v) is 4.34. The van der Waals surface area contributed by atoms with Crippen molar-refractivity contribution < 1.29 is 9.90 Å². The summed E-state index contributed by atoms with van der Waals surface area (Å²) in [6, 6.07) is 0.687. The molecule has 1 saturated carbocycles. The van der Waals surface area contributed by atoms with Gasteiger partial charge in [0.2, 0.25) is 0 Å². The third-order valence-corrected chi connectivity index (χ3v) is 5.82. The van der Waals surface area contributed by atoms with E-state index in [2.05, 4.69) is 25.7 Å².